The molecule has 0 spiro atoms. The van der Waals surface area contributed by atoms with Gasteiger partial charge in [-0.05, 0) is 37.6 Å². The van der Waals surface area contributed by atoms with Gasteiger partial charge in [-0.25, -0.2) is 4.57 Å². The molecule has 1 atom stereocenters. The molecule has 0 aliphatic carbocycles. The van der Waals surface area contributed by atoms with Gasteiger partial charge in [-0.3, -0.25) is 14.3 Å². The van der Waals surface area contributed by atoms with E-state index >= 15 is 0 Å². The molecule has 0 bridgehead atoms. The first-order valence-corrected chi connectivity index (χ1v) is 12.8. The maximum absolute atomic E-state index is 13.3. The van der Waals surface area contributed by atoms with Crippen LogP contribution in [0, 0.1) is 0 Å². The van der Waals surface area contributed by atoms with Gasteiger partial charge in [0, 0.05) is 12.7 Å². The number of ether oxygens (including phenoxy) is 1. The van der Waals surface area contributed by atoms with E-state index in [0.717, 1.165) is 35.2 Å². The van der Waals surface area contributed by atoms with Crippen LogP contribution in [0.2, 0.25) is 0 Å². The highest BCUT2D eigenvalue weighted by Crippen LogP contribution is 2.38. The van der Waals surface area contributed by atoms with Gasteiger partial charge in [-0.2, -0.15) is 18.2 Å². The second kappa shape index (κ2) is 11.0. The lowest BCUT2D eigenvalue weighted by Gasteiger charge is -2.17. The molecule has 3 aromatic rings. The summed E-state index contributed by atoms with van der Waals surface area (Å²) in [6, 6.07) is 4.11. The standard InChI is InChI=1S/C21H23F3N3O6PS/c1-3-4-9-27-16-11-25-8-7-18(16)35-20(27)26-19(28)15-10-14(21(22,23)24)5-6-17(15)32-12-13(2)33-34(29,30)31/h5-8,10-11,13H,3-4,9,12H2,1-2H3,(H2,29,30,31)/t13-/m0/s1. The topological polar surface area (TPSA) is 123 Å². The zero-order valence-corrected chi connectivity index (χ0v) is 20.4. The number of phosphoric ester groups is 1. The Morgan fingerprint density at radius 3 is 2.71 bits per heavy atom. The predicted molar refractivity (Wildman–Crippen MR) is 122 cm³/mol. The Morgan fingerprint density at radius 1 is 1.31 bits per heavy atom. The summed E-state index contributed by atoms with van der Waals surface area (Å²) in [6.45, 7) is 3.41. The summed E-state index contributed by atoms with van der Waals surface area (Å²) < 4.78 is 63.5. The first kappa shape index (κ1) is 27.0. The first-order chi connectivity index (χ1) is 16.4. The van der Waals surface area contributed by atoms with E-state index in [9.17, 15) is 22.5 Å². The molecule has 2 heterocycles. The second-order valence-corrected chi connectivity index (χ2v) is 9.78. The van der Waals surface area contributed by atoms with Gasteiger partial charge in [0.2, 0.25) is 0 Å². The van der Waals surface area contributed by atoms with Gasteiger partial charge in [0.1, 0.15) is 18.5 Å². The number of hydrogen-bond donors (Lipinski definition) is 2. The van der Waals surface area contributed by atoms with E-state index in [-0.39, 0.29) is 5.75 Å². The van der Waals surface area contributed by atoms with E-state index in [1.54, 1.807) is 23.0 Å². The fraction of sp³-hybridized carbons (Fsp3) is 0.381. The van der Waals surface area contributed by atoms with Crippen molar-refractivity contribution in [2.45, 2.75) is 45.5 Å². The molecule has 3 rings (SSSR count). The number of alkyl halides is 3. The highest BCUT2D eigenvalue weighted by molar-refractivity contribution is 7.46. The van der Waals surface area contributed by atoms with Crippen molar-refractivity contribution in [3.05, 3.63) is 52.6 Å². The molecule has 9 nitrogen and oxygen atoms in total. The highest BCUT2D eigenvalue weighted by Gasteiger charge is 2.32. The number of hydrogen-bond acceptors (Lipinski definition) is 6. The molecule has 0 aliphatic heterocycles. The van der Waals surface area contributed by atoms with E-state index in [1.807, 2.05) is 6.92 Å². The first-order valence-electron chi connectivity index (χ1n) is 10.5. The van der Waals surface area contributed by atoms with E-state index in [0.29, 0.717) is 17.4 Å². The molecule has 35 heavy (non-hydrogen) atoms. The van der Waals surface area contributed by atoms with Crippen molar-refractivity contribution in [1.29, 1.82) is 0 Å². The minimum atomic E-state index is -4.80. The number of carbonyl (C=O) groups is 1. The molecule has 1 aromatic carbocycles. The Balaban J connectivity index is 2.03. The molecule has 0 saturated carbocycles. The molecule has 2 aromatic heterocycles. The number of halogens is 3. The minimum Gasteiger partial charge on any atom is -0.490 e. The monoisotopic (exact) mass is 533 g/mol. The molecule has 0 radical (unpaired) electrons. The normalized spacial score (nSPS) is 13.9. The third kappa shape index (κ3) is 7.21. The van der Waals surface area contributed by atoms with Gasteiger partial charge in [0.25, 0.3) is 5.91 Å². The molecule has 2 N–H and O–H groups in total. The van der Waals surface area contributed by atoms with Crippen LogP contribution in [0.3, 0.4) is 0 Å². The number of benzene rings is 1. The summed E-state index contributed by atoms with van der Waals surface area (Å²) in [5, 5.41) is 0. The lowest BCUT2D eigenvalue weighted by atomic mass is 10.1. The molecule has 190 valence electrons. The minimum absolute atomic E-state index is 0.226. The fourth-order valence-electron chi connectivity index (χ4n) is 3.15. The van der Waals surface area contributed by atoms with E-state index in [2.05, 4.69) is 14.5 Å². The average molecular weight is 533 g/mol. The molecule has 1 amide bonds. The number of unbranched alkanes of at least 4 members (excludes halogenated alkanes) is 1. The number of aromatic nitrogens is 2. The van der Waals surface area contributed by atoms with E-state index in [1.165, 1.54) is 18.3 Å². The Bertz CT molecular complexity index is 1320. The van der Waals surface area contributed by atoms with E-state index in [4.69, 9.17) is 14.5 Å². The molecular formula is C21H23F3N3O6PS. The molecule has 14 heteroatoms. The van der Waals surface area contributed by atoms with Gasteiger partial charge >= 0.3 is 14.0 Å². The zero-order valence-electron chi connectivity index (χ0n) is 18.7. The summed E-state index contributed by atoms with van der Waals surface area (Å²) in [4.78, 5) is 39.4. The highest BCUT2D eigenvalue weighted by atomic mass is 32.1. The number of amides is 1. The number of carbonyl (C=O) groups excluding carboxylic acids is 1. The average Bonchev–Trinajstić information content (AvgIpc) is 3.11. The Hall–Kier alpha value is -2.57. The molecule has 0 unspecified atom stereocenters. The summed E-state index contributed by atoms with van der Waals surface area (Å²) in [5.41, 5.74) is -0.760. The smallest absolute Gasteiger partial charge is 0.469 e. The Morgan fingerprint density at radius 2 is 2.06 bits per heavy atom. The van der Waals surface area contributed by atoms with Crippen LogP contribution in [-0.4, -0.2) is 38.0 Å². The van der Waals surface area contributed by atoms with Crippen LogP contribution in [0.5, 0.6) is 5.75 Å². The van der Waals surface area contributed by atoms with Crippen molar-refractivity contribution in [2.75, 3.05) is 6.61 Å². The van der Waals surface area contributed by atoms with Gasteiger partial charge in [-0.15, -0.1) is 0 Å². The summed E-state index contributed by atoms with van der Waals surface area (Å²) in [7, 11) is -4.80. The van der Waals surface area contributed by atoms with Crippen LogP contribution in [0.1, 0.15) is 42.6 Å². The van der Waals surface area contributed by atoms with Crippen LogP contribution >= 0.6 is 19.2 Å². The number of aryl methyl sites for hydroxylation is 1. The number of phosphoric acid groups is 1. The molecule has 0 aliphatic rings. The van der Waals surface area contributed by atoms with Crippen molar-refractivity contribution >= 4 is 35.3 Å². The third-order valence-electron chi connectivity index (χ3n) is 4.74. The Labute approximate surface area is 202 Å². The summed E-state index contributed by atoms with van der Waals surface area (Å²) in [5.74, 6) is -1.18. The lowest BCUT2D eigenvalue weighted by Crippen LogP contribution is -2.20. The van der Waals surface area contributed by atoms with Crippen molar-refractivity contribution in [2.24, 2.45) is 4.99 Å². The lowest BCUT2D eigenvalue weighted by molar-refractivity contribution is -0.137. The van der Waals surface area contributed by atoms with Crippen LogP contribution < -0.4 is 9.54 Å². The van der Waals surface area contributed by atoms with Crippen LogP contribution in [-0.2, 0) is 21.8 Å². The number of pyridine rings is 1. The maximum Gasteiger partial charge on any atom is 0.469 e. The number of rotatable bonds is 9. The van der Waals surface area contributed by atoms with Crippen LogP contribution in [0.25, 0.3) is 10.2 Å². The van der Waals surface area contributed by atoms with Gasteiger partial charge < -0.3 is 19.1 Å². The largest absolute Gasteiger partial charge is 0.490 e. The van der Waals surface area contributed by atoms with Crippen LogP contribution in [0.4, 0.5) is 13.2 Å². The fourth-order valence-corrected chi connectivity index (χ4v) is 4.70. The Kier molecular flexibility index (Phi) is 8.50. The van der Waals surface area contributed by atoms with Crippen molar-refractivity contribution < 1.29 is 41.6 Å². The summed E-state index contributed by atoms with van der Waals surface area (Å²) >= 11 is 1.20. The zero-order chi connectivity index (χ0) is 25.8. The van der Waals surface area contributed by atoms with Crippen LogP contribution in [0.15, 0.2) is 41.7 Å². The van der Waals surface area contributed by atoms with E-state index < -0.39 is 43.7 Å². The second-order valence-electron chi connectivity index (χ2n) is 7.58. The maximum atomic E-state index is 13.3. The predicted octanol–water partition coefficient (Wildman–Crippen LogP) is 4.53. The van der Waals surface area contributed by atoms with Gasteiger partial charge in [0.15, 0.2) is 4.80 Å². The van der Waals surface area contributed by atoms with Gasteiger partial charge in [-0.1, -0.05) is 24.7 Å². The molecule has 0 saturated heterocycles. The number of fused-ring (bicyclic) bond motifs is 1. The van der Waals surface area contributed by atoms with Gasteiger partial charge in [0.05, 0.1) is 27.5 Å². The molecule has 0 fully saturated rings. The quantitative estimate of drug-likeness (QED) is 0.387. The van der Waals surface area contributed by atoms with Crippen molar-refractivity contribution in [3.8, 4) is 5.75 Å². The van der Waals surface area contributed by atoms with Crippen molar-refractivity contribution in [3.63, 3.8) is 0 Å². The SMILES string of the molecule is CCCCn1c(=NC(=O)c2cc(C(F)(F)F)ccc2OC[C@H](C)OP(=O)(O)O)sc2ccncc21. The summed E-state index contributed by atoms with van der Waals surface area (Å²) in [6.07, 6.45) is -0.935. The molecular weight excluding hydrogens is 510 g/mol. The third-order valence-corrected chi connectivity index (χ3v) is 6.44. The number of thiazole rings is 1. The number of nitrogens with zero attached hydrogens (tertiary/aromatic N) is 3. The van der Waals surface area contributed by atoms with Crippen molar-refractivity contribution in [1.82, 2.24) is 9.55 Å².